The number of hydrogen-bond acceptors (Lipinski definition) is 15. The number of carbonyl (C=O) groups is 3. The number of carboxylic acids is 1. The number of thioether (sulfide) groups is 3. The molecule has 0 saturated carbocycles. The molecule has 0 aliphatic carbocycles. The molecule has 2 aromatic rings. The van der Waals surface area contributed by atoms with Gasteiger partial charge in [-0.25, -0.2) is 14.8 Å². The summed E-state index contributed by atoms with van der Waals surface area (Å²) in [6.07, 6.45) is 0. The van der Waals surface area contributed by atoms with E-state index in [0.29, 0.717) is 15.0 Å². The molecule has 14 nitrogen and oxygen atoms in total. The molecular weight excluding hydrogens is 574 g/mol. The number of halogens is 1. The minimum absolute atomic E-state index is 0.0261. The van der Waals surface area contributed by atoms with Crippen molar-refractivity contribution >= 4 is 98.6 Å². The third-order valence-electron chi connectivity index (χ3n) is 4.74. The zero-order valence-corrected chi connectivity index (χ0v) is 21.8. The standard InChI is InChI=1S/C17H16ClN9O5S4/c18-11-7(25-17(21)36-11)8(26-32)12(28)24-9-13(29)27-10(15(30)31)4(2-33-14(9)27)34-3-35-6-1-5(19)22-16(20)23-6/h1,9,14,32H,2-3H2,(H2,21,25)(H,24,28)(H,30,31)(H4,19,20,22,23)/b26-8-/t9-,14-/m1/s1. The minimum Gasteiger partial charge on any atom is -0.477 e. The molecule has 0 aromatic carbocycles. The molecule has 4 rings (SSSR count). The largest absolute Gasteiger partial charge is 0.477 e. The van der Waals surface area contributed by atoms with Crippen molar-refractivity contribution in [3.8, 4) is 0 Å². The summed E-state index contributed by atoms with van der Waals surface area (Å²) in [5, 5.41) is 24.8. The van der Waals surface area contributed by atoms with E-state index in [1.807, 2.05) is 0 Å². The van der Waals surface area contributed by atoms with Crippen LogP contribution in [0.2, 0.25) is 4.34 Å². The lowest BCUT2D eigenvalue weighted by molar-refractivity contribution is -0.150. The Labute approximate surface area is 224 Å². The van der Waals surface area contributed by atoms with Gasteiger partial charge in [0.25, 0.3) is 11.8 Å². The number of carboxylic acid groups (broad SMARTS) is 1. The number of fused-ring (bicyclic) bond motifs is 1. The zero-order valence-electron chi connectivity index (χ0n) is 17.7. The van der Waals surface area contributed by atoms with Crippen LogP contribution in [0.4, 0.5) is 16.9 Å². The first-order valence-corrected chi connectivity index (χ1v) is 13.8. The highest BCUT2D eigenvalue weighted by molar-refractivity contribution is 8.18. The van der Waals surface area contributed by atoms with E-state index >= 15 is 0 Å². The smallest absolute Gasteiger partial charge is 0.353 e. The van der Waals surface area contributed by atoms with E-state index < -0.39 is 34.9 Å². The van der Waals surface area contributed by atoms with Gasteiger partial charge in [0.15, 0.2) is 10.8 Å². The number of nitrogen functional groups attached to an aromatic ring is 3. The SMILES string of the molecule is Nc1cc(SCSC2=C(C(=O)O)N3C(=O)[C@@H](NC(=O)/C(=N\O)c4nc(N)sc4Cl)[C@H]3SC2)nc(N)n1. The van der Waals surface area contributed by atoms with Crippen LogP contribution in [-0.2, 0) is 14.4 Å². The number of nitrogens with one attached hydrogen (secondary N) is 1. The summed E-state index contributed by atoms with van der Waals surface area (Å²) in [6.45, 7) is 0. The van der Waals surface area contributed by atoms with Crippen molar-refractivity contribution in [2.75, 3.05) is 28.0 Å². The van der Waals surface area contributed by atoms with E-state index in [1.54, 1.807) is 6.07 Å². The Kier molecular flexibility index (Phi) is 7.69. The van der Waals surface area contributed by atoms with Gasteiger partial charge in [-0.1, -0.05) is 39.9 Å². The Bertz CT molecular complexity index is 1300. The van der Waals surface area contributed by atoms with Gasteiger partial charge < -0.3 is 32.8 Å². The summed E-state index contributed by atoms with van der Waals surface area (Å²) in [7, 11) is 0. The van der Waals surface area contributed by atoms with Crippen molar-refractivity contribution in [3.63, 3.8) is 0 Å². The van der Waals surface area contributed by atoms with Gasteiger partial charge in [-0.15, -0.1) is 23.5 Å². The summed E-state index contributed by atoms with van der Waals surface area (Å²) >= 11 is 10.7. The lowest BCUT2D eigenvalue weighted by Crippen LogP contribution is -2.71. The zero-order chi connectivity index (χ0) is 26.1. The quantitative estimate of drug-likeness (QED) is 0.0472. The molecule has 36 heavy (non-hydrogen) atoms. The predicted octanol–water partition coefficient (Wildman–Crippen LogP) is 0.690. The van der Waals surface area contributed by atoms with Crippen molar-refractivity contribution in [1.29, 1.82) is 0 Å². The number of oxime groups is 1. The van der Waals surface area contributed by atoms with Crippen LogP contribution in [0.15, 0.2) is 26.9 Å². The van der Waals surface area contributed by atoms with Crippen LogP contribution < -0.4 is 22.5 Å². The number of nitrogens with two attached hydrogens (primary N) is 3. The highest BCUT2D eigenvalue weighted by atomic mass is 35.5. The van der Waals surface area contributed by atoms with E-state index in [2.05, 4.69) is 25.4 Å². The maximum atomic E-state index is 12.9. The van der Waals surface area contributed by atoms with Gasteiger partial charge in [0.1, 0.15) is 38.0 Å². The molecule has 2 aromatic heterocycles. The Morgan fingerprint density at radius 3 is 2.64 bits per heavy atom. The highest BCUT2D eigenvalue weighted by Gasteiger charge is 2.54. The second-order valence-electron chi connectivity index (χ2n) is 6.96. The fourth-order valence-corrected chi connectivity index (χ4v) is 7.90. The average Bonchev–Trinajstić information content (AvgIpc) is 3.14. The number of aliphatic carboxylic acids is 1. The molecule has 4 heterocycles. The number of thiazole rings is 1. The van der Waals surface area contributed by atoms with Gasteiger partial charge >= 0.3 is 5.97 Å². The van der Waals surface area contributed by atoms with Gasteiger partial charge in [-0.05, 0) is 0 Å². The number of aromatic nitrogens is 3. The van der Waals surface area contributed by atoms with Crippen LogP contribution in [-0.4, -0.2) is 75.9 Å². The molecule has 19 heteroatoms. The van der Waals surface area contributed by atoms with Gasteiger partial charge in [0.05, 0.1) is 0 Å². The van der Waals surface area contributed by atoms with Gasteiger partial charge in [-0.2, -0.15) is 4.98 Å². The summed E-state index contributed by atoms with van der Waals surface area (Å²) in [5.74, 6) is -2.28. The molecule has 2 amide bonds. The minimum atomic E-state index is -1.27. The molecule has 0 bridgehead atoms. The second-order valence-corrected chi connectivity index (χ2v) is 12.1. The molecule has 1 saturated heterocycles. The van der Waals surface area contributed by atoms with Crippen LogP contribution in [0.3, 0.4) is 0 Å². The summed E-state index contributed by atoms with van der Waals surface area (Å²) in [5.41, 5.74) is 16.0. The maximum absolute atomic E-state index is 12.9. The molecule has 0 unspecified atom stereocenters. The third kappa shape index (κ3) is 5.12. The summed E-state index contributed by atoms with van der Waals surface area (Å²) < 4.78 is 0.0343. The lowest BCUT2D eigenvalue weighted by Gasteiger charge is -2.49. The average molecular weight is 590 g/mol. The van der Waals surface area contributed by atoms with E-state index in [9.17, 15) is 24.7 Å². The Morgan fingerprint density at radius 2 is 2.03 bits per heavy atom. The predicted molar refractivity (Wildman–Crippen MR) is 139 cm³/mol. The molecule has 2 atom stereocenters. The molecule has 0 radical (unpaired) electrons. The summed E-state index contributed by atoms with van der Waals surface area (Å²) in [4.78, 5) is 50.9. The monoisotopic (exact) mass is 589 g/mol. The van der Waals surface area contributed by atoms with Crippen molar-refractivity contribution < 1.29 is 24.7 Å². The number of β-lactam (4-membered cyclic amide) rings is 1. The van der Waals surface area contributed by atoms with Gasteiger partial charge in [0, 0.05) is 21.8 Å². The highest BCUT2D eigenvalue weighted by Crippen LogP contribution is 2.44. The number of hydrogen-bond donors (Lipinski definition) is 6. The third-order valence-corrected chi connectivity index (χ3v) is 9.42. The molecular formula is C17H16ClN9O5S4. The van der Waals surface area contributed by atoms with Gasteiger partial charge in [-0.3, -0.25) is 14.5 Å². The molecule has 2 aliphatic heterocycles. The van der Waals surface area contributed by atoms with Crippen molar-refractivity contribution in [3.05, 3.63) is 26.7 Å². The van der Waals surface area contributed by atoms with Gasteiger partial charge in [0.2, 0.25) is 5.95 Å². The van der Waals surface area contributed by atoms with Crippen LogP contribution >= 0.6 is 58.2 Å². The van der Waals surface area contributed by atoms with Crippen LogP contribution in [0.25, 0.3) is 0 Å². The van der Waals surface area contributed by atoms with Crippen molar-refractivity contribution in [2.45, 2.75) is 16.4 Å². The fourth-order valence-electron chi connectivity index (χ4n) is 3.27. The number of nitrogens with zero attached hydrogens (tertiary/aromatic N) is 5. The molecule has 9 N–H and O–H groups in total. The number of amides is 2. The molecule has 1 fully saturated rings. The second kappa shape index (κ2) is 10.6. The Balaban J connectivity index is 1.45. The topological polar surface area (TPSA) is 236 Å². The normalized spacial score (nSPS) is 19.6. The van der Waals surface area contributed by atoms with Crippen molar-refractivity contribution in [2.24, 2.45) is 5.16 Å². The first kappa shape index (κ1) is 26.1. The van der Waals surface area contributed by atoms with E-state index in [-0.39, 0.29) is 38.4 Å². The van der Waals surface area contributed by atoms with E-state index in [1.165, 1.54) is 35.3 Å². The Morgan fingerprint density at radius 1 is 1.28 bits per heavy atom. The first-order valence-electron chi connectivity index (χ1n) is 9.62. The number of carbonyl (C=O) groups excluding carboxylic acids is 2. The van der Waals surface area contributed by atoms with Crippen LogP contribution in [0.5, 0.6) is 0 Å². The molecule has 2 aliphatic rings. The first-order chi connectivity index (χ1) is 17.1. The fraction of sp³-hybridized carbons (Fsp3) is 0.235. The van der Waals surface area contributed by atoms with Crippen LogP contribution in [0, 0.1) is 0 Å². The molecule has 0 spiro atoms. The van der Waals surface area contributed by atoms with Crippen molar-refractivity contribution in [1.82, 2.24) is 25.2 Å². The Hall–Kier alpha value is -2.93. The summed E-state index contributed by atoms with van der Waals surface area (Å²) in [6, 6.07) is 0.500. The van der Waals surface area contributed by atoms with Crippen LogP contribution in [0.1, 0.15) is 5.69 Å². The lowest BCUT2D eigenvalue weighted by atomic mass is 10.0. The number of anilines is 3. The molecule has 190 valence electrons. The maximum Gasteiger partial charge on any atom is 0.353 e. The van der Waals surface area contributed by atoms with E-state index in [0.717, 1.165) is 16.2 Å². The van der Waals surface area contributed by atoms with E-state index in [4.69, 9.17) is 28.8 Å². The number of rotatable bonds is 8.